The Hall–Kier alpha value is -1.65. The van der Waals surface area contributed by atoms with E-state index in [-0.39, 0.29) is 0 Å². The molecule has 0 saturated carbocycles. The zero-order valence-electron chi connectivity index (χ0n) is 10.3. The van der Waals surface area contributed by atoms with Crippen LogP contribution >= 0.6 is 15.9 Å². The molecule has 0 aliphatic heterocycles. The van der Waals surface area contributed by atoms with Crippen LogP contribution < -0.4 is 0 Å². The highest BCUT2D eigenvalue weighted by molar-refractivity contribution is 9.10. The summed E-state index contributed by atoms with van der Waals surface area (Å²) < 4.78 is 5.99. The van der Waals surface area contributed by atoms with Gasteiger partial charge in [-0.05, 0) is 58.7 Å². The standard InChI is InChI=1S/C15H12BrNO2/c1-9-2-3-10-8-11(4-5-12(10)17-9)15(18)13-6-7-14(16)19-13/h2-8,15,18H,1H3. The Morgan fingerprint density at radius 1 is 1.16 bits per heavy atom. The minimum Gasteiger partial charge on any atom is -0.451 e. The van der Waals surface area contributed by atoms with E-state index in [1.165, 1.54) is 0 Å². The highest BCUT2D eigenvalue weighted by Crippen LogP contribution is 2.27. The lowest BCUT2D eigenvalue weighted by Gasteiger charge is -2.09. The summed E-state index contributed by atoms with van der Waals surface area (Å²) in [4.78, 5) is 4.44. The first-order valence-electron chi connectivity index (χ1n) is 5.94. The molecule has 0 fully saturated rings. The van der Waals surface area contributed by atoms with E-state index in [2.05, 4.69) is 20.9 Å². The van der Waals surface area contributed by atoms with Crippen LogP contribution in [0.3, 0.4) is 0 Å². The predicted molar refractivity (Wildman–Crippen MR) is 76.9 cm³/mol. The molecule has 0 aliphatic rings. The molecule has 19 heavy (non-hydrogen) atoms. The lowest BCUT2D eigenvalue weighted by atomic mass is 10.0. The third-order valence-corrected chi connectivity index (χ3v) is 3.46. The van der Waals surface area contributed by atoms with Crippen LogP contribution in [0.25, 0.3) is 10.9 Å². The van der Waals surface area contributed by atoms with Crippen molar-refractivity contribution >= 4 is 26.8 Å². The topological polar surface area (TPSA) is 46.3 Å². The first-order chi connectivity index (χ1) is 9.13. The normalized spacial score (nSPS) is 12.8. The number of aliphatic hydroxyl groups is 1. The van der Waals surface area contributed by atoms with Crippen molar-refractivity contribution in [3.05, 3.63) is 64.2 Å². The number of benzene rings is 1. The maximum Gasteiger partial charge on any atom is 0.169 e. The monoisotopic (exact) mass is 317 g/mol. The van der Waals surface area contributed by atoms with Crippen LogP contribution in [0.2, 0.25) is 0 Å². The average molecular weight is 318 g/mol. The average Bonchev–Trinajstić information content (AvgIpc) is 2.84. The zero-order chi connectivity index (χ0) is 13.4. The number of rotatable bonds is 2. The van der Waals surface area contributed by atoms with Gasteiger partial charge in [0.05, 0.1) is 5.52 Å². The number of aryl methyl sites for hydroxylation is 1. The molecule has 96 valence electrons. The number of fused-ring (bicyclic) bond motifs is 1. The summed E-state index contributed by atoms with van der Waals surface area (Å²) in [6, 6.07) is 13.2. The Kier molecular flexibility index (Phi) is 3.12. The van der Waals surface area contributed by atoms with Gasteiger partial charge in [0.25, 0.3) is 0 Å². The van der Waals surface area contributed by atoms with Crippen LogP contribution in [0.5, 0.6) is 0 Å². The maximum atomic E-state index is 10.3. The van der Waals surface area contributed by atoms with Crippen LogP contribution in [0.4, 0.5) is 0 Å². The minimum atomic E-state index is -0.767. The van der Waals surface area contributed by atoms with Crippen molar-refractivity contribution in [2.24, 2.45) is 0 Å². The minimum absolute atomic E-state index is 0.520. The van der Waals surface area contributed by atoms with Gasteiger partial charge in [-0.25, -0.2) is 0 Å². The second kappa shape index (κ2) is 4.79. The lowest BCUT2D eigenvalue weighted by Crippen LogP contribution is -1.98. The van der Waals surface area contributed by atoms with Crippen molar-refractivity contribution < 1.29 is 9.52 Å². The summed E-state index contributed by atoms with van der Waals surface area (Å²) in [5.41, 5.74) is 2.70. The first kappa shape index (κ1) is 12.4. The molecule has 0 amide bonds. The van der Waals surface area contributed by atoms with E-state index < -0.39 is 6.10 Å². The Morgan fingerprint density at radius 3 is 2.74 bits per heavy atom. The molecule has 1 N–H and O–H groups in total. The van der Waals surface area contributed by atoms with Gasteiger partial charge >= 0.3 is 0 Å². The van der Waals surface area contributed by atoms with Gasteiger partial charge in [-0.3, -0.25) is 4.98 Å². The number of hydrogen-bond acceptors (Lipinski definition) is 3. The molecule has 1 atom stereocenters. The molecular weight excluding hydrogens is 306 g/mol. The van der Waals surface area contributed by atoms with Gasteiger partial charge in [0.15, 0.2) is 4.67 Å². The fraction of sp³-hybridized carbons (Fsp3) is 0.133. The number of hydrogen-bond donors (Lipinski definition) is 1. The SMILES string of the molecule is Cc1ccc2cc(C(O)c3ccc(Br)o3)ccc2n1. The Balaban J connectivity index is 2.03. The Labute approximate surface area is 119 Å². The molecule has 3 aromatic rings. The van der Waals surface area contributed by atoms with Gasteiger partial charge in [-0.1, -0.05) is 12.1 Å². The van der Waals surface area contributed by atoms with Crippen LogP contribution in [0.1, 0.15) is 23.1 Å². The third kappa shape index (κ3) is 2.41. The molecular formula is C15H12BrNO2. The van der Waals surface area contributed by atoms with Gasteiger partial charge in [0.1, 0.15) is 11.9 Å². The number of furan rings is 1. The molecule has 2 aromatic heterocycles. The number of pyridine rings is 1. The second-order valence-corrected chi connectivity index (χ2v) is 5.23. The summed E-state index contributed by atoms with van der Waals surface area (Å²) in [6.07, 6.45) is -0.767. The molecule has 3 nitrogen and oxygen atoms in total. The van der Waals surface area contributed by atoms with E-state index in [1.54, 1.807) is 12.1 Å². The molecule has 4 heteroatoms. The van der Waals surface area contributed by atoms with Gasteiger partial charge in [0.2, 0.25) is 0 Å². The molecule has 2 heterocycles. The quantitative estimate of drug-likeness (QED) is 0.777. The van der Waals surface area contributed by atoms with Crippen molar-refractivity contribution in [3.8, 4) is 0 Å². The highest BCUT2D eigenvalue weighted by atomic mass is 79.9. The van der Waals surface area contributed by atoms with E-state index >= 15 is 0 Å². The van der Waals surface area contributed by atoms with Crippen molar-refractivity contribution in [2.45, 2.75) is 13.0 Å². The Morgan fingerprint density at radius 2 is 2.00 bits per heavy atom. The molecule has 3 rings (SSSR count). The molecule has 0 aliphatic carbocycles. The van der Waals surface area contributed by atoms with Gasteiger partial charge < -0.3 is 9.52 Å². The summed E-state index contributed by atoms with van der Waals surface area (Å²) in [7, 11) is 0. The van der Waals surface area contributed by atoms with E-state index in [9.17, 15) is 5.11 Å². The van der Waals surface area contributed by atoms with E-state index in [0.29, 0.717) is 10.4 Å². The fourth-order valence-electron chi connectivity index (χ4n) is 2.06. The largest absolute Gasteiger partial charge is 0.451 e. The molecule has 1 unspecified atom stereocenters. The van der Waals surface area contributed by atoms with Crippen molar-refractivity contribution in [2.75, 3.05) is 0 Å². The summed E-state index contributed by atoms with van der Waals surface area (Å²) in [5.74, 6) is 0.520. The zero-order valence-corrected chi connectivity index (χ0v) is 11.9. The van der Waals surface area contributed by atoms with Gasteiger partial charge in [-0.15, -0.1) is 0 Å². The van der Waals surface area contributed by atoms with Gasteiger partial charge in [-0.2, -0.15) is 0 Å². The summed E-state index contributed by atoms with van der Waals surface area (Å²) in [6.45, 7) is 1.96. The summed E-state index contributed by atoms with van der Waals surface area (Å²) in [5, 5.41) is 11.3. The highest BCUT2D eigenvalue weighted by Gasteiger charge is 2.14. The van der Waals surface area contributed by atoms with Crippen LogP contribution in [-0.4, -0.2) is 10.1 Å². The molecule has 0 radical (unpaired) electrons. The summed E-state index contributed by atoms with van der Waals surface area (Å²) >= 11 is 3.23. The van der Waals surface area contributed by atoms with Crippen LogP contribution in [-0.2, 0) is 0 Å². The smallest absolute Gasteiger partial charge is 0.169 e. The Bertz CT molecular complexity index is 736. The maximum absolute atomic E-state index is 10.3. The number of aromatic nitrogens is 1. The third-order valence-electron chi connectivity index (χ3n) is 3.03. The van der Waals surface area contributed by atoms with E-state index in [0.717, 1.165) is 22.2 Å². The number of nitrogens with zero attached hydrogens (tertiary/aromatic N) is 1. The number of aliphatic hydroxyl groups excluding tert-OH is 1. The van der Waals surface area contributed by atoms with Crippen LogP contribution in [0.15, 0.2) is 51.6 Å². The molecule has 0 bridgehead atoms. The van der Waals surface area contributed by atoms with Crippen molar-refractivity contribution in [1.29, 1.82) is 0 Å². The fourth-order valence-corrected chi connectivity index (χ4v) is 2.37. The number of halogens is 1. The lowest BCUT2D eigenvalue weighted by molar-refractivity contribution is 0.188. The second-order valence-electron chi connectivity index (χ2n) is 4.45. The predicted octanol–water partition coefficient (Wildman–Crippen LogP) is 3.98. The molecule has 0 saturated heterocycles. The van der Waals surface area contributed by atoms with E-state index in [4.69, 9.17) is 4.42 Å². The molecule has 1 aromatic carbocycles. The first-order valence-corrected chi connectivity index (χ1v) is 6.73. The van der Waals surface area contributed by atoms with Crippen LogP contribution in [0, 0.1) is 6.92 Å². The van der Waals surface area contributed by atoms with Gasteiger partial charge in [0, 0.05) is 11.1 Å². The molecule has 0 spiro atoms. The van der Waals surface area contributed by atoms with Crippen molar-refractivity contribution in [1.82, 2.24) is 4.98 Å². The van der Waals surface area contributed by atoms with E-state index in [1.807, 2.05) is 37.3 Å². The van der Waals surface area contributed by atoms with Crippen molar-refractivity contribution in [3.63, 3.8) is 0 Å².